The summed E-state index contributed by atoms with van der Waals surface area (Å²) in [5.41, 5.74) is 5.38. The highest BCUT2D eigenvalue weighted by atomic mass is 35.5. The van der Waals surface area contributed by atoms with Gasteiger partial charge in [-0.05, 0) is 12.1 Å². The van der Waals surface area contributed by atoms with Crippen molar-refractivity contribution in [3.63, 3.8) is 0 Å². The van der Waals surface area contributed by atoms with Crippen LogP contribution >= 0.6 is 12.4 Å². The summed E-state index contributed by atoms with van der Waals surface area (Å²) in [6.45, 7) is -0.117. The maximum absolute atomic E-state index is 13.4. The summed E-state index contributed by atoms with van der Waals surface area (Å²) in [6, 6.07) is 3.99. The molecule has 0 aromatic heterocycles. The average molecular weight is 280 g/mol. The largest absolute Gasteiger partial charge is 0.326 e. The van der Waals surface area contributed by atoms with Crippen molar-refractivity contribution in [1.82, 2.24) is 0 Å². The summed E-state index contributed by atoms with van der Waals surface area (Å²) >= 11 is 0. The molecule has 0 amide bonds. The fourth-order valence-corrected chi connectivity index (χ4v) is 1.76. The normalized spacial score (nSPS) is 10.2. The van der Waals surface area contributed by atoms with Crippen molar-refractivity contribution in [2.24, 2.45) is 5.73 Å². The highest BCUT2D eigenvalue weighted by Crippen LogP contribution is 2.19. The second-order valence-electron chi connectivity index (χ2n) is 3.17. The Morgan fingerprint density at radius 3 is 2.53 bits per heavy atom. The van der Waals surface area contributed by atoms with E-state index in [-0.39, 0.29) is 35.8 Å². The van der Waals surface area contributed by atoms with E-state index < -0.39 is 15.8 Å². The number of nitriles is 1. The first-order valence-corrected chi connectivity index (χ1v) is 6.17. The number of anilines is 1. The van der Waals surface area contributed by atoms with E-state index in [2.05, 4.69) is 4.72 Å². The molecule has 0 heterocycles. The number of hydrogen-bond donors (Lipinski definition) is 2. The Labute approximate surface area is 105 Å². The van der Waals surface area contributed by atoms with Gasteiger partial charge in [0.15, 0.2) is 0 Å². The van der Waals surface area contributed by atoms with Gasteiger partial charge in [0.05, 0.1) is 23.6 Å². The lowest BCUT2D eigenvalue weighted by atomic mass is 10.1. The molecule has 0 aliphatic rings. The molecule has 0 atom stereocenters. The summed E-state index contributed by atoms with van der Waals surface area (Å²) in [5.74, 6) is -0.701. The second-order valence-corrected chi connectivity index (χ2v) is 4.92. The van der Waals surface area contributed by atoms with E-state index in [1.165, 1.54) is 6.07 Å². The monoisotopic (exact) mass is 279 g/mol. The van der Waals surface area contributed by atoms with Crippen LogP contribution in [0.5, 0.6) is 0 Å². The SMILES string of the molecule is CS(=O)(=O)Nc1cc(F)c(CN)c(C#N)c1.Cl. The number of nitrogens with one attached hydrogen (secondary N) is 1. The fraction of sp³-hybridized carbons (Fsp3) is 0.222. The Balaban J connectivity index is 0.00000256. The zero-order chi connectivity index (χ0) is 12.3. The topological polar surface area (TPSA) is 96.0 Å². The van der Waals surface area contributed by atoms with Crippen molar-refractivity contribution < 1.29 is 12.8 Å². The predicted molar refractivity (Wildman–Crippen MR) is 64.7 cm³/mol. The first kappa shape index (κ1) is 15.6. The van der Waals surface area contributed by atoms with Gasteiger partial charge in [0.1, 0.15) is 5.82 Å². The molecule has 5 nitrogen and oxygen atoms in total. The van der Waals surface area contributed by atoms with Crippen molar-refractivity contribution in [2.75, 3.05) is 11.0 Å². The molecule has 0 bridgehead atoms. The van der Waals surface area contributed by atoms with Crippen LogP contribution in [-0.2, 0) is 16.6 Å². The van der Waals surface area contributed by atoms with Gasteiger partial charge in [-0.3, -0.25) is 4.72 Å². The zero-order valence-corrected chi connectivity index (χ0v) is 10.5. The molecule has 0 saturated carbocycles. The lowest BCUT2D eigenvalue weighted by Gasteiger charge is -2.08. The molecule has 1 aromatic carbocycles. The van der Waals surface area contributed by atoms with Gasteiger partial charge in [-0.1, -0.05) is 0 Å². The second kappa shape index (κ2) is 5.82. The Hall–Kier alpha value is -1.36. The molecule has 0 saturated heterocycles. The standard InChI is InChI=1S/C9H10FN3O2S.ClH/c1-16(14,15)13-7-2-6(4-11)8(5-12)9(10)3-7;/h2-3,13H,5,12H2,1H3;1H. The highest BCUT2D eigenvalue weighted by molar-refractivity contribution is 7.92. The van der Waals surface area contributed by atoms with Crippen LogP contribution in [0.4, 0.5) is 10.1 Å². The van der Waals surface area contributed by atoms with Gasteiger partial charge in [0, 0.05) is 12.1 Å². The van der Waals surface area contributed by atoms with Crippen LogP contribution < -0.4 is 10.5 Å². The molecular weight excluding hydrogens is 269 g/mol. The van der Waals surface area contributed by atoms with Crippen molar-refractivity contribution >= 4 is 28.1 Å². The molecule has 1 aromatic rings. The van der Waals surface area contributed by atoms with Crippen LogP contribution in [0.3, 0.4) is 0 Å². The van der Waals surface area contributed by atoms with Gasteiger partial charge in [-0.25, -0.2) is 12.8 Å². The number of halogens is 2. The number of hydrogen-bond acceptors (Lipinski definition) is 4. The highest BCUT2D eigenvalue weighted by Gasteiger charge is 2.11. The Morgan fingerprint density at radius 2 is 2.12 bits per heavy atom. The fourth-order valence-electron chi connectivity index (χ4n) is 1.22. The molecule has 0 spiro atoms. The van der Waals surface area contributed by atoms with Crippen molar-refractivity contribution in [2.45, 2.75) is 6.54 Å². The van der Waals surface area contributed by atoms with E-state index in [9.17, 15) is 12.8 Å². The van der Waals surface area contributed by atoms with Crippen LogP contribution in [0.2, 0.25) is 0 Å². The van der Waals surface area contributed by atoms with Gasteiger partial charge in [-0.15, -0.1) is 12.4 Å². The van der Waals surface area contributed by atoms with Gasteiger partial charge in [0.2, 0.25) is 10.0 Å². The lowest BCUT2D eigenvalue weighted by molar-refractivity contribution is 0.605. The Morgan fingerprint density at radius 1 is 1.53 bits per heavy atom. The molecule has 0 unspecified atom stereocenters. The molecule has 8 heteroatoms. The van der Waals surface area contributed by atoms with E-state index in [4.69, 9.17) is 11.0 Å². The lowest BCUT2D eigenvalue weighted by Crippen LogP contribution is -2.11. The third-order valence-corrected chi connectivity index (χ3v) is 2.43. The molecule has 94 valence electrons. The minimum Gasteiger partial charge on any atom is -0.326 e. The van der Waals surface area contributed by atoms with Crippen molar-refractivity contribution in [3.8, 4) is 6.07 Å². The number of sulfonamides is 1. The number of nitrogens with zero attached hydrogens (tertiary/aromatic N) is 1. The van der Waals surface area contributed by atoms with Gasteiger partial charge < -0.3 is 5.73 Å². The Kier molecular flexibility index (Phi) is 5.35. The van der Waals surface area contributed by atoms with Crippen LogP contribution in [-0.4, -0.2) is 14.7 Å². The first-order valence-electron chi connectivity index (χ1n) is 4.27. The van der Waals surface area contributed by atoms with Crippen LogP contribution in [0.15, 0.2) is 12.1 Å². The molecule has 0 aliphatic carbocycles. The van der Waals surface area contributed by atoms with Gasteiger partial charge >= 0.3 is 0 Å². The minimum absolute atomic E-state index is 0. The van der Waals surface area contributed by atoms with Crippen molar-refractivity contribution in [3.05, 3.63) is 29.1 Å². The third-order valence-electron chi connectivity index (χ3n) is 1.82. The van der Waals surface area contributed by atoms with E-state index in [1.807, 2.05) is 0 Å². The van der Waals surface area contributed by atoms with Crippen LogP contribution in [0, 0.1) is 17.1 Å². The molecular formula is C9H11ClFN3O2S. The minimum atomic E-state index is -3.50. The molecule has 1 rings (SSSR count). The maximum Gasteiger partial charge on any atom is 0.229 e. The smallest absolute Gasteiger partial charge is 0.229 e. The average Bonchev–Trinajstić information content (AvgIpc) is 2.14. The van der Waals surface area contributed by atoms with E-state index in [0.29, 0.717) is 0 Å². The number of benzene rings is 1. The first-order chi connectivity index (χ1) is 7.37. The van der Waals surface area contributed by atoms with E-state index >= 15 is 0 Å². The third kappa shape index (κ3) is 4.19. The molecule has 0 radical (unpaired) electrons. The summed E-state index contributed by atoms with van der Waals surface area (Å²) in [5, 5.41) is 8.75. The van der Waals surface area contributed by atoms with Crippen LogP contribution in [0.25, 0.3) is 0 Å². The number of nitrogens with two attached hydrogens (primary N) is 1. The molecule has 0 fully saturated rings. The molecule has 17 heavy (non-hydrogen) atoms. The summed E-state index contributed by atoms with van der Waals surface area (Å²) in [7, 11) is -3.50. The summed E-state index contributed by atoms with van der Waals surface area (Å²) in [6.07, 6.45) is 0.938. The quantitative estimate of drug-likeness (QED) is 0.861. The number of rotatable bonds is 3. The zero-order valence-electron chi connectivity index (χ0n) is 8.90. The summed E-state index contributed by atoms with van der Waals surface area (Å²) in [4.78, 5) is 0. The van der Waals surface area contributed by atoms with E-state index in [1.54, 1.807) is 6.07 Å². The van der Waals surface area contributed by atoms with E-state index in [0.717, 1.165) is 12.3 Å². The van der Waals surface area contributed by atoms with Gasteiger partial charge in [-0.2, -0.15) is 5.26 Å². The van der Waals surface area contributed by atoms with Gasteiger partial charge in [0.25, 0.3) is 0 Å². The van der Waals surface area contributed by atoms with Crippen molar-refractivity contribution in [1.29, 1.82) is 5.26 Å². The maximum atomic E-state index is 13.4. The molecule has 0 aliphatic heterocycles. The Bertz CT molecular complexity index is 554. The predicted octanol–water partition coefficient (Wildman–Crippen LogP) is 0.949. The van der Waals surface area contributed by atoms with Crippen LogP contribution in [0.1, 0.15) is 11.1 Å². The summed E-state index contributed by atoms with van der Waals surface area (Å²) < 4.78 is 37.3. The molecule has 3 N–H and O–H groups in total.